The molecule has 0 heterocycles. The minimum absolute atomic E-state index is 0. The number of benzene rings is 4. The van der Waals surface area contributed by atoms with Crippen molar-refractivity contribution in [3.05, 3.63) is 130 Å². The highest BCUT2D eigenvalue weighted by molar-refractivity contribution is 9.08. The van der Waals surface area contributed by atoms with Gasteiger partial charge in [-0.2, -0.15) is 0 Å². The fraction of sp³-hybridized carbons (Fsp3) is 0.359. The van der Waals surface area contributed by atoms with Gasteiger partial charge in [0, 0.05) is 24.2 Å². The van der Waals surface area contributed by atoms with E-state index >= 15 is 0 Å². The number of nitrogens with one attached hydrogen (secondary N) is 3. The van der Waals surface area contributed by atoms with Crippen molar-refractivity contribution in [3.63, 3.8) is 0 Å². The number of thioether (sulfide) groups is 1. The normalized spacial score (nSPS) is 11.5. The van der Waals surface area contributed by atoms with Crippen LogP contribution in [0, 0.1) is 11.6 Å². The third kappa shape index (κ3) is 19.8. The van der Waals surface area contributed by atoms with Crippen LogP contribution in [0.2, 0.25) is 0 Å². The molecule has 16 heteroatoms. The van der Waals surface area contributed by atoms with Crippen LogP contribution in [0.3, 0.4) is 0 Å². The molecule has 0 saturated heterocycles. The van der Waals surface area contributed by atoms with Crippen molar-refractivity contribution in [2.24, 2.45) is 5.73 Å². The summed E-state index contributed by atoms with van der Waals surface area (Å²) < 4.78 is 76.0. The molecule has 0 aliphatic rings. The molecule has 4 rings (SSSR count). The third-order valence-electron chi connectivity index (χ3n) is 7.49. The number of thiocarbonyl (C=S) groups is 1. The molecule has 4 aromatic rings. The van der Waals surface area contributed by atoms with Crippen LogP contribution in [0.1, 0.15) is 74.9 Å². The van der Waals surface area contributed by atoms with E-state index in [4.69, 9.17) is 18.0 Å². The van der Waals surface area contributed by atoms with E-state index in [-0.39, 0.29) is 41.2 Å². The first-order chi connectivity index (χ1) is 24.9. The molecule has 0 bridgehead atoms. The van der Waals surface area contributed by atoms with Gasteiger partial charge in [0.2, 0.25) is 20.0 Å². The Morgan fingerprint density at radius 1 is 0.691 bits per heavy atom. The maximum Gasteiger partial charge on any atom is 0.229 e. The first-order valence-electron chi connectivity index (χ1n) is 16.8. The van der Waals surface area contributed by atoms with Gasteiger partial charge in [-0.1, -0.05) is 142 Å². The summed E-state index contributed by atoms with van der Waals surface area (Å²) in [5.41, 5.74) is 12.0. The summed E-state index contributed by atoms with van der Waals surface area (Å²) in [5.74, 6) is -0.498. The minimum Gasteiger partial charge on any atom is -1.00 e. The number of anilines is 2. The topological polar surface area (TPSA) is 130 Å². The maximum atomic E-state index is 14.0. The molecule has 0 aliphatic heterocycles. The quantitative estimate of drug-likeness (QED) is 0.107. The van der Waals surface area contributed by atoms with E-state index in [0.717, 1.165) is 23.6 Å². The molecule has 0 saturated carbocycles. The van der Waals surface area contributed by atoms with Gasteiger partial charge < -0.3 is 23.5 Å². The van der Waals surface area contributed by atoms with E-state index in [1.807, 2.05) is 0 Å². The SMILES string of the molecule is CC(C)(C)c1ccc(CBr)cc1.CC(C)(C)c1ccc(CSC(=S)NCc2ccc(NS(C)(=O)=O)c(F)c2)cc1.CS(=O)(=O)Nc1ccc(CN)cc1F.[Cl-]. The lowest BCUT2D eigenvalue weighted by atomic mass is 9.87. The molecular weight excluding hydrogens is 870 g/mol. The Balaban J connectivity index is 0.000000466. The summed E-state index contributed by atoms with van der Waals surface area (Å²) in [7, 11) is -6.95. The summed E-state index contributed by atoms with van der Waals surface area (Å²) in [6.07, 6.45) is 1.94. The van der Waals surface area contributed by atoms with E-state index in [1.165, 1.54) is 58.3 Å². The standard InChI is InChI=1S/C20H25FN2O2S3.C11H15Br.C8H11FN2O2S.ClH/c1-20(2,3)16-8-5-14(6-9-16)13-27-19(26)22-12-15-7-10-18(17(21)11-15)23-28(4,24)25;1-11(2,3)10-6-4-9(8-12)5-7-10;1-14(12,13)11-8-3-2-6(5-10)4-7(8)9;/h5-11,23H,12-13H2,1-4H3,(H,22,26);4-7H,8H2,1-3H3;2-4,11H,5,10H2,1H3;1H/p-1. The molecule has 55 heavy (non-hydrogen) atoms. The smallest absolute Gasteiger partial charge is 0.229 e. The number of sulfonamides is 2. The number of halogens is 4. The van der Waals surface area contributed by atoms with Crippen molar-refractivity contribution >= 4 is 75.7 Å². The van der Waals surface area contributed by atoms with Crippen molar-refractivity contribution in [1.82, 2.24) is 5.32 Å². The third-order valence-corrected chi connectivity index (χ3v) is 10.7. The number of nitrogens with two attached hydrogens (primary N) is 1. The Labute approximate surface area is 350 Å². The van der Waals surface area contributed by atoms with Gasteiger partial charge in [0.05, 0.1) is 23.9 Å². The first kappa shape index (κ1) is 50.2. The van der Waals surface area contributed by atoms with Gasteiger partial charge in [0.1, 0.15) is 16.0 Å². The van der Waals surface area contributed by atoms with E-state index in [1.54, 1.807) is 12.1 Å². The highest BCUT2D eigenvalue weighted by Crippen LogP contribution is 2.25. The van der Waals surface area contributed by atoms with Gasteiger partial charge in [-0.05, 0) is 68.5 Å². The molecule has 0 spiro atoms. The molecule has 5 N–H and O–H groups in total. The largest absolute Gasteiger partial charge is 1.00 e. The fourth-order valence-corrected chi connectivity index (χ4v) is 6.91. The molecule has 4 aromatic carbocycles. The average Bonchev–Trinajstić information content (AvgIpc) is 3.07. The fourth-order valence-electron chi connectivity index (χ4n) is 4.49. The van der Waals surface area contributed by atoms with Crippen molar-refractivity contribution in [3.8, 4) is 0 Å². The van der Waals surface area contributed by atoms with E-state index < -0.39 is 31.7 Å². The number of rotatable bonds is 10. The van der Waals surface area contributed by atoms with Crippen molar-refractivity contribution < 1.29 is 38.0 Å². The second-order valence-corrected chi connectivity index (χ2v) is 20.2. The van der Waals surface area contributed by atoms with Crippen molar-refractivity contribution in [2.45, 2.75) is 76.5 Å². The maximum absolute atomic E-state index is 14.0. The Bertz CT molecular complexity index is 2060. The van der Waals surface area contributed by atoms with Crippen LogP contribution in [0.15, 0.2) is 84.9 Å². The van der Waals surface area contributed by atoms with Crippen LogP contribution in [0.5, 0.6) is 0 Å². The lowest BCUT2D eigenvalue weighted by molar-refractivity contribution is -0.0000178. The predicted molar refractivity (Wildman–Crippen MR) is 231 cm³/mol. The van der Waals surface area contributed by atoms with Gasteiger partial charge in [0.25, 0.3) is 0 Å². The molecule has 0 amide bonds. The van der Waals surface area contributed by atoms with Crippen LogP contribution >= 0.6 is 39.9 Å². The van der Waals surface area contributed by atoms with Crippen LogP contribution < -0.4 is 32.9 Å². The molecule has 0 radical (unpaired) electrons. The number of alkyl halides is 1. The zero-order valence-corrected chi connectivity index (χ0v) is 37.9. The van der Waals surface area contributed by atoms with Crippen LogP contribution in [0.4, 0.5) is 20.2 Å². The Hall–Kier alpha value is -2.79. The van der Waals surface area contributed by atoms with E-state index in [2.05, 4.69) is 121 Å². The molecule has 0 atom stereocenters. The zero-order chi connectivity index (χ0) is 40.9. The van der Waals surface area contributed by atoms with Gasteiger partial charge in [0.15, 0.2) is 0 Å². The lowest BCUT2D eigenvalue weighted by Gasteiger charge is -2.19. The summed E-state index contributed by atoms with van der Waals surface area (Å²) >= 11 is 10.3. The van der Waals surface area contributed by atoms with E-state index in [0.29, 0.717) is 22.0 Å². The average molecular weight is 921 g/mol. The molecule has 0 fully saturated rings. The predicted octanol–water partition coefficient (Wildman–Crippen LogP) is 6.34. The second kappa shape index (κ2) is 22.2. The molecule has 0 aliphatic carbocycles. The summed E-state index contributed by atoms with van der Waals surface area (Å²) in [6.45, 7) is 13.8. The Morgan fingerprint density at radius 2 is 1.07 bits per heavy atom. The highest BCUT2D eigenvalue weighted by Gasteiger charge is 2.14. The second-order valence-electron chi connectivity index (χ2n) is 14.5. The number of hydrogen-bond donors (Lipinski definition) is 4. The van der Waals surface area contributed by atoms with Crippen LogP contribution in [0.25, 0.3) is 0 Å². The Kier molecular flexibility index (Phi) is 20.3. The van der Waals surface area contributed by atoms with Gasteiger partial charge >= 0.3 is 0 Å². The summed E-state index contributed by atoms with van der Waals surface area (Å²) in [5, 5.41) is 4.03. The van der Waals surface area contributed by atoms with Crippen molar-refractivity contribution in [2.75, 3.05) is 22.0 Å². The molecule has 0 unspecified atom stereocenters. The monoisotopic (exact) mass is 919 g/mol. The highest BCUT2D eigenvalue weighted by atomic mass is 79.9. The van der Waals surface area contributed by atoms with Crippen LogP contribution in [-0.2, 0) is 55.0 Å². The van der Waals surface area contributed by atoms with Gasteiger partial charge in [-0.3, -0.25) is 9.44 Å². The minimum atomic E-state index is -3.51. The summed E-state index contributed by atoms with van der Waals surface area (Å²) in [6, 6.07) is 25.7. The summed E-state index contributed by atoms with van der Waals surface area (Å²) in [4.78, 5) is 0. The lowest BCUT2D eigenvalue weighted by Crippen LogP contribution is -3.00. The van der Waals surface area contributed by atoms with Gasteiger partial charge in [-0.25, -0.2) is 25.6 Å². The zero-order valence-electron chi connectivity index (χ0n) is 32.3. The van der Waals surface area contributed by atoms with E-state index in [9.17, 15) is 25.6 Å². The molecule has 304 valence electrons. The molecule has 0 aromatic heterocycles. The van der Waals surface area contributed by atoms with Gasteiger partial charge in [-0.15, -0.1) is 0 Å². The number of hydrogen-bond acceptors (Lipinski definition) is 7. The molecular formula is C39H51BrClF2N4O4S4-. The van der Waals surface area contributed by atoms with Crippen molar-refractivity contribution in [1.29, 1.82) is 0 Å². The molecule has 8 nitrogen and oxygen atoms in total. The van der Waals surface area contributed by atoms with Crippen LogP contribution in [-0.4, -0.2) is 33.7 Å². The first-order valence-corrected chi connectivity index (χ1v) is 23.1. The Morgan fingerprint density at radius 3 is 1.44 bits per heavy atom.